The molecule has 1 amide bonds. The first-order chi connectivity index (χ1) is 32.2. The number of hydrogen-bond donors (Lipinski definition) is 3. The van der Waals surface area contributed by atoms with Gasteiger partial charge in [0, 0.05) is 80.7 Å². The Morgan fingerprint density at radius 3 is 2.58 bits per heavy atom. The van der Waals surface area contributed by atoms with Gasteiger partial charge < -0.3 is 34.3 Å². The lowest BCUT2D eigenvalue weighted by molar-refractivity contribution is -0.422. The van der Waals surface area contributed by atoms with Gasteiger partial charge in [0.15, 0.2) is 5.70 Å². The maximum atomic E-state index is 14.5. The fraction of sp³-hybridized carbons (Fsp3) is 0.469. The quantitative estimate of drug-likeness (QED) is 0.105. The molecule has 2 saturated heterocycles. The largest absolute Gasteiger partial charge is 0.493 e. The zero-order chi connectivity index (χ0) is 46.6. The lowest BCUT2D eigenvalue weighted by atomic mass is 9.72. The second-order valence-corrected chi connectivity index (χ2v) is 21.8. The third-order valence-corrected chi connectivity index (χ3v) is 16.1. The molecule has 3 N–H and O–H groups in total. The molecule has 3 atom stereocenters. The highest BCUT2D eigenvalue weighted by molar-refractivity contribution is 7.90. The molecule has 2 aromatic carbocycles. The van der Waals surface area contributed by atoms with Crippen LogP contribution in [0.25, 0.3) is 16.6 Å². The van der Waals surface area contributed by atoms with Crippen molar-refractivity contribution in [2.75, 3.05) is 68.9 Å². The second kappa shape index (κ2) is 18.1. The number of allylic oxidation sites excluding steroid dienone is 2. The number of H-pyrrole nitrogens is 1. The second-order valence-electron chi connectivity index (χ2n) is 19.5. The van der Waals surface area contributed by atoms with Crippen LogP contribution in [0.3, 0.4) is 0 Å². The summed E-state index contributed by atoms with van der Waals surface area (Å²) < 4.78 is 48.6. The Balaban J connectivity index is 0.918. The molecule has 2 aliphatic carbocycles. The Morgan fingerprint density at radius 2 is 1.82 bits per heavy atom. The number of rotatable bonds is 10. The molecular formula is C49H57ClN8O8S. The van der Waals surface area contributed by atoms with Crippen LogP contribution in [0, 0.1) is 21.4 Å². The van der Waals surface area contributed by atoms with Crippen molar-refractivity contribution in [1.29, 1.82) is 0 Å². The van der Waals surface area contributed by atoms with Crippen LogP contribution in [0.2, 0.25) is 5.02 Å². The Hall–Kier alpha value is -5.62. The summed E-state index contributed by atoms with van der Waals surface area (Å²) in [7, 11) is -4.53. The first-order valence-electron chi connectivity index (χ1n) is 23.3. The highest BCUT2D eigenvalue weighted by Crippen LogP contribution is 2.45. The number of pyridine rings is 1. The van der Waals surface area contributed by atoms with E-state index in [1.165, 1.54) is 16.7 Å². The highest BCUT2D eigenvalue weighted by atomic mass is 35.5. The number of nitrogens with one attached hydrogen (secondary N) is 3. The molecule has 0 radical (unpaired) electrons. The van der Waals surface area contributed by atoms with Gasteiger partial charge in [0.25, 0.3) is 11.6 Å². The number of aromatic nitrogens is 2. The van der Waals surface area contributed by atoms with E-state index in [2.05, 4.69) is 50.8 Å². The minimum absolute atomic E-state index is 0.117. The van der Waals surface area contributed by atoms with Crippen molar-refractivity contribution < 1.29 is 32.3 Å². The number of amides is 1. The highest BCUT2D eigenvalue weighted by Gasteiger charge is 2.42. The molecule has 67 heavy (non-hydrogen) atoms. The van der Waals surface area contributed by atoms with Gasteiger partial charge in [-0.2, -0.15) is 4.98 Å². The van der Waals surface area contributed by atoms with Crippen molar-refractivity contribution in [1.82, 2.24) is 24.9 Å². The number of aromatic amines is 1. The number of ether oxygens (including phenoxy) is 3. The fourth-order valence-corrected chi connectivity index (χ4v) is 11.8. The molecule has 4 aliphatic heterocycles. The molecule has 2 aromatic heterocycles. The summed E-state index contributed by atoms with van der Waals surface area (Å²) in [6, 6.07) is 17.4. The van der Waals surface area contributed by atoms with Gasteiger partial charge in [0.05, 0.1) is 28.8 Å². The van der Waals surface area contributed by atoms with E-state index in [0.717, 1.165) is 87.0 Å². The van der Waals surface area contributed by atoms with Gasteiger partial charge in [-0.25, -0.2) is 13.1 Å². The number of halogens is 1. The van der Waals surface area contributed by atoms with E-state index < -0.39 is 31.8 Å². The number of benzene rings is 2. The monoisotopic (exact) mass is 952 g/mol. The van der Waals surface area contributed by atoms with Crippen LogP contribution < -0.4 is 24.6 Å². The van der Waals surface area contributed by atoms with Crippen molar-refractivity contribution in [3.05, 3.63) is 116 Å². The van der Waals surface area contributed by atoms with Crippen LogP contribution in [0.1, 0.15) is 75.2 Å². The SMILES string of the molecule is C[C@@H]1CN(c2cc(N3CCN(CC4=C(c5ccc(Cl)cc5)CC(C)(C)CC4)CC3)ccc2C(=O)NS(=O)(=O)C2C=C([N+](=O)[O-])C3=C(C2)OC[C@H](C2CCOCC2)N3)c2cc3cc[nH]c3nc2O1. The van der Waals surface area contributed by atoms with E-state index in [9.17, 15) is 23.3 Å². The molecule has 6 aliphatic rings. The topological polar surface area (TPSA) is 185 Å². The molecule has 10 rings (SSSR count). The summed E-state index contributed by atoms with van der Waals surface area (Å²) >= 11 is 6.28. The Kier molecular flexibility index (Phi) is 12.2. The van der Waals surface area contributed by atoms with Gasteiger partial charge >= 0.3 is 0 Å². The molecule has 354 valence electrons. The maximum absolute atomic E-state index is 14.5. The summed E-state index contributed by atoms with van der Waals surface area (Å²) in [6.07, 6.45) is 7.18. The van der Waals surface area contributed by atoms with Gasteiger partial charge in [0.1, 0.15) is 35.1 Å². The van der Waals surface area contributed by atoms with Gasteiger partial charge in [-0.15, -0.1) is 0 Å². The van der Waals surface area contributed by atoms with E-state index in [1.54, 1.807) is 12.3 Å². The summed E-state index contributed by atoms with van der Waals surface area (Å²) in [5, 5.41) is 15.9. The predicted molar refractivity (Wildman–Crippen MR) is 258 cm³/mol. The molecule has 18 heteroatoms. The number of carbonyl (C=O) groups is 1. The standard InChI is InChI=1S/C49H57ClN8O8S/c1-30-27-57(43-22-33-11-15-51-46(33)53-48(43)66-30)41-23-36(56-18-16-55(17-19-56)28-34-10-14-49(2,3)26-39(34)31-4-6-35(50)7-5-31)8-9-38(41)47(59)54-67(62,63)37-24-42(58(60)61)45-44(25-37)65-29-40(52-45)32-12-20-64-21-13-32/h4-9,11,15,22-24,30,32,37,40,52H,10,12-14,16-21,25-29H2,1-3H3,(H,51,53)(H,54,59)/t30-,37?,40-/m1/s1. The molecule has 6 heterocycles. The van der Waals surface area contributed by atoms with Gasteiger partial charge in [0.2, 0.25) is 15.9 Å². The fourth-order valence-electron chi connectivity index (χ4n) is 10.5. The Labute approximate surface area is 395 Å². The predicted octanol–water partition coefficient (Wildman–Crippen LogP) is 7.54. The minimum atomic E-state index is -4.53. The van der Waals surface area contributed by atoms with E-state index in [1.807, 2.05) is 48.2 Å². The summed E-state index contributed by atoms with van der Waals surface area (Å²) in [4.78, 5) is 41.1. The molecule has 1 unspecified atom stereocenters. The van der Waals surface area contributed by atoms with E-state index in [-0.39, 0.29) is 53.5 Å². The lowest BCUT2D eigenvalue weighted by Gasteiger charge is -2.40. The van der Waals surface area contributed by atoms with Gasteiger partial charge in [-0.3, -0.25) is 19.8 Å². The molecule has 2 fully saturated rings. The van der Waals surface area contributed by atoms with E-state index in [4.69, 9.17) is 30.8 Å². The van der Waals surface area contributed by atoms with Crippen LogP contribution in [-0.2, 0) is 19.5 Å². The van der Waals surface area contributed by atoms with E-state index >= 15 is 0 Å². The van der Waals surface area contributed by atoms with Crippen molar-refractivity contribution in [2.45, 2.75) is 76.7 Å². The molecular weight excluding hydrogens is 896 g/mol. The van der Waals surface area contributed by atoms with E-state index in [0.29, 0.717) is 42.7 Å². The average molecular weight is 954 g/mol. The number of hydrogen-bond acceptors (Lipinski definition) is 13. The first-order valence-corrected chi connectivity index (χ1v) is 25.2. The number of fused-ring (bicyclic) bond motifs is 2. The average Bonchev–Trinajstić information content (AvgIpc) is 3.78. The number of carbonyl (C=O) groups excluding carboxylic acids is 1. The minimum Gasteiger partial charge on any atom is -0.493 e. The molecule has 0 bridgehead atoms. The molecule has 4 aromatic rings. The smallest absolute Gasteiger partial charge is 0.293 e. The van der Waals surface area contributed by atoms with Gasteiger partial charge in [-0.05, 0) is 104 Å². The number of sulfonamides is 1. The van der Waals surface area contributed by atoms with Crippen LogP contribution >= 0.6 is 11.6 Å². The van der Waals surface area contributed by atoms with Crippen LogP contribution in [0.4, 0.5) is 17.1 Å². The summed E-state index contributed by atoms with van der Waals surface area (Å²) in [6.45, 7) is 12.4. The Morgan fingerprint density at radius 1 is 1.04 bits per heavy atom. The zero-order valence-electron chi connectivity index (χ0n) is 38.1. The number of piperazine rings is 1. The van der Waals surface area contributed by atoms with Crippen LogP contribution in [0.15, 0.2) is 89.6 Å². The van der Waals surface area contributed by atoms with Gasteiger partial charge in [-0.1, -0.05) is 43.2 Å². The van der Waals surface area contributed by atoms with Crippen molar-refractivity contribution in [3.8, 4) is 5.88 Å². The normalized spacial score (nSPS) is 23.7. The first kappa shape index (κ1) is 45.2. The van der Waals surface area contributed by atoms with Crippen molar-refractivity contribution >= 4 is 61.2 Å². The number of nitrogens with zero attached hydrogens (tertiary/aromatic N) is 5. The molecule has 16 nitrogen and oxygen atoms in total. The van der Waals surface area contributed by atoms with Crippen LogP contribution in [0.5, 0.6) is 5.88 Å². The maximum Gasteiger partial charge on any atom is 0.293 e. The van der Waals surface area contributed by atoms with Crippen molar-refractivity contribution in [3.63, 3.8) is 0 Å². The third kappa shape index (κ3) is 9.35. The summed E-state index contributed by atoms with van der Waals surface area (Å²) in [5.41, 5.74) is 6.92. The van der Waals surface area contributed by atoms with Crippen molar-refractivity contribution in [2.24, 2.45) is 11.3 Å². The Bertz CT molecular complexity index is 2790. The molecule has 0 saturated carbocycles. The molecule has 0 spiro atoms. The zero-order valence-corrected chi connectivity index (χ0v) is 39.6. The number of nitro groups is 1. The lowest BCUT2D eigenvalue weighted by Crippen LogP contribution is -2.48. The van der Waals surface area contributed by atoms with Crippen LogP contribution in [-0.4, -0.2) is 111 Å². The third-order valence-electron chi connectivity index (χ3n) is 14.3. The summed E-state index contributed by atoms with van der Waals surface area (Å²) in [5.74, 6) is -0.0930. The number of anilines is 3.